The average molecular weight is 304 g/mol. The van der Waals surface area contributed by atoms with Gasteiger partial charge in [0, 0.05) is 12.1 Å². The van der Waals surface area contributed by atoms with Crippen molar-refractivity contribution in [3.63, 3.8) is 0 Å². The van der Waals surface area contributed by atoms with E-state index >= 15 is 0 Å². The van der Waals surface area contributed by atoms with Crippen LogP contribution in [0.4, 0.5) is 4.79 Å². The maximum absolute atomic E-state index is 11.9. The lowest BCUT2D eigenvalue weighted by Crippen LogP contribution is -2.37. The number of amides is 1. The zero-order valence-electron chi connectivity index (χ0n) is 12.8. The molecule has 8 heteroatoms. The molecular formula is C14H20N6O2. The standard InChI is InChI=1S/C14H20N6O2/c1-14(2,3)22-13(21)16-11(8-15)9-5-4-6-10(7-9)12-17-19-20-18-12/h4-7,11H,8,15H2,1-3H3,(H,16,21)(H,17,18,19,20). The van der Waals surface area contributed by atoms with E-state index in [0.29, 0.717) is 5.82 Å². The van der Waals surface area contributed by atoms with Crippen LogP contribution in [-0.2, 0) is 4.74 Å². The molecule has 0 aliphatic heterocycles. The van der Waals surface area contributed by atoms with Gasteiger partial charge in [0.1, 0.15) is 5.60 Å². The van der Waals surface area contributed by atoms with Crippen molar-refractivity contribution >= 4 is 6.09 Å². The number of aromatic amines is 1. The van der Waals surface area contributed by atoms with Crippen LogP contribution in [0.2, 0.25) is 0 Å². The van der Waals surface area contributed by atoms with Crippen LogP contribution in [0.5, 0.6) is 0 Å². The first-order chi connectivity index (χ1) is 10.4. The van der Waals surface area contributed by atoms with Crippen LogP contribution in [0.1, 0.15) is 32.4 Å². The molecule has 1 atom stereocenters. The molecule has 0 saturated heterocycles. The van der Waals surface area contributed by atoms with Crippen LogP contribution in [0.3, 0.4) is 0 Å². The largest absolute Gasteiger partial charge is 0.444 e. The lowest BCUT2D eigenvalue weighted by Gasteiger charge is -2.23. The molecule has 8 nitrogen and oxygen atoms in total. The van der Waals surface area contributed by atoms with Crippen LogP contribution in [0.15, 0.2) is 24.3 Å². The molecule has 22 heavy (non-hydrogen) atoms. The van der Waals surface area contributed by atoms with Crippen molar-refractivity contribution in [2.75, 3.05) is 6.54 Å². The number of carbonyl (C=O) groups excluding carboxylic acids is 1. The summed E-state index contributed by atoms with van der Waals surface area (Å²) in [5.41, 5.74) is 6.84. The summed E-state index contributed by atoms with van der Waals surface area (Å²) in [4.78, 5) is 11.9. The first-order valence-electron chi connectivity index (χ1n) is 6.92. The lowest BCUT2D eigenvalue weighted by molar-refractivity contribution is 0.0505. The second kappa shape index (κ2) is 6.52. The minimum absolute atomic E-state index is 0.245. The van der Waals surface area contributed by atoms with Crippen LogP contribution in [0.25, 0.3) is 11.4 Å². The number of nitrogens with zero attached hydrogens (tertiary/aromatic N) is 3. The van der Waals surface area contributed by atoms with Crippen molar-refractivity contribution < 1.29 is 9.53 Å². The zero-order chi connectivity index (χ0) is 16.2. The molecule has 118 valence electrons. The first-order valence-corrected chi connectivity index (χ1v) is 6.92. The van der Waals surface area contributed by atoms with Gasteiger partial charge in [-0.1, -0.05) is 18.2 Å². The Morgan fingerprint density at radius 3 is 2.82 bits per heavy atom. The SMILES string of the molecule is CC(C)(C)OC(=O)NC(CN)c1cccc(-c2nn[nH]n2)c1. The lowest BCUT2D eigenvalue weighted by atomic mass is 10.0. The average Bonchev–Trinajstić information content (AvgIpc) is 2.97. The van der Waals surface area contributed by atoms with Gasteiger partial charge >= 0.3 is 6.09 Å². The third-order valence-corrected chi connectivity index (χ3v) is 2.82. The van der Waals surface area contributed by atoms with Crippen LogP contribution < -0.4 is 11.1 Å². The van der Waals surface area contributed by atoms with E-state index in [0.717, 1.165) is 11.1 Å². The van der Waals surface area contributed by atoms with Crippen LogP contribution >= 0.6 is 0 Å². The van der Waals surface area contributed by atoms with Crippen molar-refractivity contribution in [2.24, 2.45) is 5.73 Å². The Morgan fingerprint density at radius 1 is 1.45 bits per heavy atom. The highest BCUT2D eigenvalue weighted by Crippen LogP contribution is 2.20. The monoisotopic (exact) mass is 304 g/mol. The fourth-order valence-electron chi connectivity index (χ4n) is 1.91. The van der Waals surface area contributed by atoms with Gasteiger partial charge in [-0.15, -0.1) is 10.2 Å². The molecule has 0 bridgehead atoms. The third kappa shape index (κ3) is 4.26. The van der Waals surface area contributed by atoms with Gasteiger partial charge in [0.15, 0.2) is 0 Å². The summed E-state index contributed by atoms with van der Waals surface area (Å²) < 4.78 is 5.25. The number of rotatable bonds is 4. The second-order valence-electron chi connectivity index (χ2n) is 5.80. The highest BCUT2D eigenvalue weighted by Gasteiger charge is 2.20. The molecule has 0 radical (unpaired) electrons. The molecule has 1 unspecified atom stereocenters. The molecule has 1 aromatic carbocycles. The van der Waals surface area contributed by atoms with Crippen molar-refractivity contribution in [1.82, 2.24) is 25.9 Å². The van der Waals surface area contributed by atoms with Gasteiger partial charge in [0.25, 0.3) is 0 Å². The smallest absolute Gasteiger partial charge is 0.408 e. The van der Waals surface area contributed by atoms with Crippen LogP contribution in [-0.4, -0.2) is 38.9 Å². The first kappa shape index (κ1) is 15.9. The Kier molecular flexibility index (Phi) is 4.71. The van der Waals surface area contributed by atoms with Gasteiger partial charge in [-0.25, -0.2) is 4.79 Å². The van der Waals surface area contributed by atoms with Crippen molar-refractivity contribution in [3.05, 3.63) is 29.8 Å². The molecule has 2 rings (SSSR count). The molecule has 0 aliphatic carbocycles. The van der Waals surface area contributed by atoms with E-state index in [1.54, 1.807) is 20.8 Å². The van der Waals surface area contributed by atoms with Crippen LogP contribution in [0, 0.1) is 0 Å². The van der Waals surface area contributed by atoms with E-state index in [1.807, 2.05) is 24.3 Å². The number of hydrogen-bond acceptors (Lipinski definition) is 6. The maximum atomic E-state index is 11.9. The fourth-order valence-corrected chi connectivity index (χ4v) is 1.91. The second-order valence-corrected chi connectivity index (χ2v) is 5.80. The highest BCUT2D eigenvalue weighted by molar-refractivity contribution is 5.68. The summed E-state index contributed by atoms with van der Waals surface area (Å²) in [6.07, 6.45) is -0.507. The van der Waals surface area contributed by atoms with Gasteiger partial charge in [0.2, 0.25) is 5.82 Å². The summed E-state index contributed by atoms with van der Waals surface area (Å²) in [5.74, 6) is 0.481. The van der Waals surface area contributed by atoms with Crippen molar-refractivity contribution in [2.45, 2.75) is 32.4 Å². The Bertz CT molecular complexity index is 621. The molecule has 2 aromatic rings. The highest BCUT2D eigenvalue weighted by atomic mass is 16.6. The maximum Gasteiger partial charge on any atom is 0.408 e. The predicted molar refractivity (Wildman–Crippen MR) is 80.8 cm³/mol. The number of tetrazole rings is 1. The minimum atomic E-state index is -0.560. The van der Waals surface area contributed by atoms with Crippen molar-refractivity contribution in [3.8, 4) is 11.4 Å². The molecule has 0 spiro atoms. The third-order valence-electron chi connectivity index (χ3n) is 2.82. The van der Waals surface area contributed by atoms with E-state index in [2.05, 4.69) is 25.9 Å². The topological polar surface area (TPSA) is 119 Å². The zero-order valence-corrected chi connectivity index (χ0v) is 12.8. The molecule has 0 aliphatic rings. The normalized spacial score (nSPS) is 12.7. The number of carbonyl (C=O) groups is 1. The summed E-state index contributed by atoms with van der Waals surface area (Å²) in [6, 6.07) is 7.08. The number of alkyl carbamates (subject to hydrolysis) is 1. The number of benzene rings is 1. The number of ether oxygens (including phenoxy) is 1. The summed E-state index contributed by atoms with van der Waals surface area (Å²) >= 11 is 0. The van der Waals surface area contributed by atoms with Gasteiger partial charge < -0.3 is 15.8 Å². The number of H-pyrrole nitrogens is 1. The van der Waals surface area contributed by atoms with Gasteiger partial charge in [-0.2, -0.15) is 5.21 Å². The molecule has 0 saturated carbocycles. The quantitative estimate of drug-likeness (QED) is 0.785. The molecular weight excluding hydrogens is 284 g/mol. The Balaban J connectivity index is 2.14. The Hall–Kier alpha value is -2.48. The molecule has 1 heterocycles. The number of hydrogen-bond donors (Lipinski definition) is 3. The van der Waals surface area contributed by atoms with E-state index in [4.69, 9.17) is 10.5 Å². The number of nitrogens with one attached hydrogen (secondary N) is 2. The summed E-state index contributed by atoms with van der Waals surface area (Å²) in [6.45, 7) is 5.66. The van der Waals surface area contributed by atoms with E-state index in [9.17, 15) is 4.79 Å². The fraction of sp³-hybridized carbons (Fsp3) is 0.429. The molecule has 4 N–H and O–H groups in total. The summed E-state index contributed by atoms with van der Waals surface area (Å²) in [7, 11) is 0. The van der Waals surface area contributed by atoms with Gasteiger partial charge in [0.05, 0.1) is 6.04 Å². The Labute approximate surface area is 128 Å². The van der Waals surface area contributed by atoms with Crippen molar-refractivity contribution in [1.29, 1.82) is 0 Å². The molecule has 0 fully saturated rings. The van der Waals surface area contributed by atoms with E-state index in [-0.39, 0.29) is 12.6 Å². The van der Waals surface area contributed by atoms with Gasteiger partial charge in [-0.3, -0.25) is 0 Å². The van der Waals surface area contributed by atoms with E-state index in [1.165, 1.54) is 0 Å². The number of nitrogens with two attached hydrogens (primary N) is 1. The van der Waals surface area contributed by atoms with Gasteiger partial charge in [-0.05, 0) is 37.6 Å². The molecule has 1 aromatic heterocycles. The Morgan fingerprint density at radius 2 is 2.23 bits per heavy atom. The van der Waals surface area contributed by atoms with E-state index < -0.39 is 11.7 Å². The number of aromatic nitrogens is 4. The summed E-state index contributed by atoms with van der Waals surface area (Å²) in [5, 5.41) is 16.6. The predicted octanol–water partition coefficient (Wildman–Crippen LogP) is 1.39. The molecule has 1 amide bonds. The minimum Gasteiger partial charge on any atom is -0.444 e.